The Kier molecular flexibility index (Phi) is 8.39. The maximum Gasteiger partial charge on any atom is 0.157 e. The second-order valence-corrected chi connectivity index (χ2v) is 2.82. The Morgan fingerprint density at radius 2 is 1.93 bits per heavy atom. The fraction of sp³-hybridized carbons (Fsp3) is 0.417. The lowest BCUT2D eigenvalue weighted by Gasteiger charge is -2.03. The zero-order chi connectivity index (χ0) is 11.5. The molecule has 0 bridgehead atoms. The largest absolute Gasteiger partial charge is 0.486 e. The van der Waals surface area contributed by atoms with Crippen LogP contribution in [0.1, 0.15) is 12.5 Å². The van der Waals surface area contributed by atoms with E-state index in [1.54, 1.807) is 7.11 Å². The number of ether oxygens (including phenoxy) is 2. The molecule has 0 aliphatic heterocycles. The fourth-order valence-corrected chi connectivity index (χ4v) is 0.842. The monoisotopic (exact) mass is 210 g/mol. The SMILES string of the molecule is CCOC.Cc1ccccc1OCC=O. The van der Waals surface area contributed by atoms with E-state index in [1.807, 2.05) is 38.1 Å². The Bertz CT molecular complexity index is 269. The Morgan fingerprint density at radius 1 is 1.33 bits per heavy atom. The van der Waals surface area contributed by atoms with Crippen molar-refractivity contribution in [1.29, 1.82) is 0 Å². The average molecular weight is 210 g/mol. The van der Waals surface area contributed by atoms with E-state index in [2.05, 4.69) is 4.74 Å². The van der Waals surface area contributed by atoms with Gasteiger partial charge < -0.3 is 9.47 Å². The van der Waals surface area contributed by atoms with Gasteiger partial charge in [-0.1, -0.05) is 18.2 Å². The average Bonchev–Trinajstić information content (AvgIpc) is 2.28. The fourth-order valence-electron chi connectivity index (χ4n) is 0.842. The van der Waals surface area contributed by atoms with Gasteiger partial charge in [-0.15, -0.1) is 0 Å². The predicted octanol–water partition coefficient (Wildman–Crippen LogP) is 2.23. The molecule has 3 nitrogen and oxygen atoms in total. The van der Waals surface area contributed by atoms with Gasteiger partial charge in [-0.3, -0.25) is 4.79 Å². The van der Waals surface area contributed by atoms with Crippen LogP contribution >= 0.6 is 0 Å². The van der Waals surface area contributed by atoms with Crippen LogP contribution in [0.2, 0.25) is 0 Å². The minimum atomic E-state index is 0.130. The van der Waals surface area contributed by atoms with Gasteiger partial charge in [0.2, 0.25) is 0 Å². The topological polar surface area (TPSA) is 35.5 Å². The maximum absolute atomic E-state index is 9.96. The van der Waals surface area contributed by atoms with E-state index < -0.39 is 0 Å². The summed E-state index contributed by atoms with van der Waals surface area (Å²) >= 11 is 0. The number of carbonyl (C=O) groups is 1. The standard InChI is InChI=1S/C9H10O2.C3H8O/c1-8-4-2-3-5-9(8)11-7-6-10;1-3-4-2/h2-6H,7H2,1H3;3H2,1-2H3. The van der Waals surface area contributed by atoms with Crippen molar-refractivity contribution in [3.8, 4) is 5.75 Å². The summed E-state index contributed by atoms with van der Waals surface area (Å²) in [5.74, 6) is 0.777. The first-order valence-electron chi connectivity index (χ1n) is 4.87. The molecule has 0 saturated heterocycles. The van der Waals surface area contributed by atoms with Crippen molar-refractivity contribution in [3.05, 3.63) is 29.8 Å². The molecule has 1 aromatic carbocycles. The summed E-state index contributed by atoms with van der Waals surface area (Å²) in [7, 11) is 1.68. The van der Waals surface area contributed by atoms with Crippen molar-refractivity contribution < 1.29 is 14.3 Å². The number of hydrogen-bond donors (Lipinski definition) is 0. The van der Waals surface area contributed by atoms with Crippen LogP contribution < -0.4 is 4.74 Å². The van der Waals surface area contributed by atoms with E-state index in [0.717, 1.165) is 24.2 Å². The van der Waals surface area contributed by atoms with E-state index in [0.29, 0.717) is 0 Å². The molecule has 0 heterocycles. The molecular formula is C12H18O3. The van der Waals surface area contributed by atoms with Gasteiger partial charge >= 0.3 is 0 Å². The lowest BCUT2D eigenvalue weighted by Crippen LogP contribution is -1.98. The molecule has 1 aromatic rings. The van der Waals surface area contributed by atoms with Crippen molar-refractivity contribution in [2.75, 3.05) is 20.3 Å². The third-order valence-electron chi connectivity index (χ3n) is 1.69. The van der Waals surface area contributed by atoms with Gasteiger partial charge in [-0.05, 0) is 25.5 Å². The molecular weight excluding hydrogens is 192 g/mol. The summed E-state index contributed by atoms with van der Waals surface area (Å²) in [6.45, 7) is 4.85. The van der Waals surface area contributed by atoms with Gasteiger partial charge in [0.1, 0.15) is 12.4 Å². The zero-order valence-electron chi connectivity index (χ0n) is 9.53. The Balaban J connectivity index is 0.000000423. The highest BCUT2D eigenvalue weighted by atomic mass is 16.5. The van der Waals surface area contributed by atoms with Crippen molar-refractivity contribution in [2.24, 2.45) is 0 Å². The summed E-state index contributed by atoms with van der Waals surface area (Å²) < 4.78 is 9.66. The first kappa shape index (κ1) is 13.7. The van der Waals surface area contributed by atoms with Crippen LogP contribution in [0, 0.1) is 6.92 Å². The van der Waals surface area contributed by atoms with Gasteiger partial charge in [-0.2, -0.15) is 0 Å². The molecule has 0 N–H and O–H groups in total. The van der Waals surface area contributed by atoms with Gasteiger partial charge in [-0.25, -0.2) is 0 Å². The number of rotatable bonds is 4. The molecule has 0 fully saturated rings. The second-order valence-electron chi connectivity index (χ2n) is 2.82. The number of methoxy groups -OCH3 is 1. The molecule has 0 amide bonds. The first-order chi connectivity index (χ1) is 7.26. The van der Waals surface area contributed by atoms with Gasteiger partial charge in [0.05, 0.1) is 0 Å². The summed E-state index contributed by atoms with van der Waals surface area (Å²) in [5.41, 5.74) is 1.05. The molecule has 0 aromatic heterocycles. The predicted molar refractivity (Wildman–Crippen MR) is 60.3 cm³/mol. The van der Waals surface area contributed by atoms with Gasteiger partial charge in [0.15, 0.2) is 6.29 Å². The number of carbonyl (C=O) groups excluding carboxylic acids is 1. The van der Waals surface area contributed by atoms with E-state index in [1.165, 1.54) is 0 Å². The number of para-hydroxylation sites is 1. The van der Waals surface area contributed by atoms with Crippen molar-refractivity contribution in [1.82, 2.24) is 0 Å². The lowest BCUT2D eigenvalue weighted by atomic mass is 10.2. The highest BCUT2D eigenvalue weighted by molar-refractivity contribution is 5.51. The molecule has 0 aliphatic rings. The van der Waals surface area contributed by atoms with Crippen molar-refractivity contribution in [3.63, 3.8) is 0 Å². The van der Waals surface area contributed by atoms with Crippen LogP contribution in [0.4, 0.5) is 0 Å². The number of hydrogen-bond acceptors (Lipinski definition) is 3. The van der Waals surface area contributed by atoms with Crippen LogP contribution in [0.25, 0.3) is 0 Å². The molecule has 3 heteroatoms. The highest BCUT2D eigenvalue weighted by Gasteiger charge is 1.94. The third kappa shape index (κ3) is 6.69. The molecule has 1 rings (SSSR count). The molecule has 0 atom stereocenters. The zero-order valence-corrected chi connectivity index (χ0v) is 9.53. The number of benzene rings is 1. The van der Waals surface area contributed by atoms with Crippen LogP contribution in [0.15, 0.2) is 24.3 Å². The van der Waals surface area contributed by atoms with Crippen LogP contribution in [0.3, 0.4) is 0 Å². The minimum absolute atomic E-state index is 0.130. The van der Waals surface area contributed by atoms with E-state index >= 15 is 0 Å². The maximum atomic E-state index is 9.96. The third-order valence-corrected chi connectivity index (χ3v) is 1.69. The van der Waals surface area contributed by atoms with Crippen LogP contribution in [-0.2, 0) is 9.53 Å². The smallest absolute Gasteiger partial charge is 0.157 e. The summed E-state index contributed by atoms with van der Waals surface area (Å²) in [5, 5.41) is 0. The Hall–Kier alpha value is -1.35. The van der Waals surface area contributed by atoms with Crippen molar-refractivity contribution in [2.45, 2.75) is 13.8 Å². The Labute approximate surface area is 91.0 Å². The first-order valence-corrected chi connectivity index (χ1v) is 4.87. The quantitative estimate of drug-likeness (QED) is 0.715. The van der Waals surface area contributed by atoms with E-state index in [4.69, 9.17) is 4.74 Å². The van der Waals surface area contributed by atoms with Crippen LogP contribution in [0.5, 0.6) is 5.75 Å². The van der Waals surface area contributed by atoms with Crippen LogP contribution in [-0.4, -0.2) is 26.6 Å². The summed E-state index contributed by atoms with van der Waals surface area (Å²) in [6.07, 6.45) is 0.742. The highest BCUT2D eigenvalue weighted by Crippen LogP contribution is 2.15. The summed E-state index contributed by atoms with van der Waals surface area (Å²) in [6, 6.07) is 7.61. The van der Waals surface area contributed by atoms with E-state index in [9.17, 15) is 4.79 Å². The van der Waals surface area contributed by atoms with Gasteiger partial charge in [0, 0.05) is 13.7 Å². The summed E-state index contributed by atoms with van der Waals surface area (Å²) in [4.78, 5) is 9.96. The molecule has 0 spiro atoms. The number of aldehydes is 1. The molecule has 0 saturated carbocycles. The minimum Gasteiger partial charge on any atom is -0.486 e. The van der Waals surface area contributed by atoms with E-state index in [-0.39, 0.29) is 6.61 Å². The van der Waals surface area contributed by atoms with Crippen molar-refractivity contribution >= 4 is 6.29 Å². The Morgan fingerprint density at radius 3 is 2.40 bits per heavy atom. The van der Waals surface area contributed by atoms with Gasteiger partial charge in [0.25, 0.3) is 0 Å². The molecule has 0 radical (unpaired) electrons. The molecule has 15 heavy (non-hydrogen) atoms. The lowest BCUT2D eigenvalue weighted by molar-refractivity contribution is -0.109. The molecule has 84 valence electrons. The molecule has 0 unspecified atom stereocenters. The molecule has 0 aliphatic carbocycles. The number of aryl methyl sites for hydroxylation is 1. The normalized spacial score (nSPS) is 8.73. The second kappa shape index (κ2) is 9.21.